The summed E-state index contributed by atoms with van der Waals surface area (Å²) in [5, 5.41) is 22.7. The molecule has 0 aromatic carbocycles. The van der Waals surface area contributed by atoms with Crippen molar-refractivity contribution in [1.82, 2.24) is 0 Å². The van der Waals surface area contributed by atoms with Gasteiger partial charge in [0.1, 0.15) is 11.7 Å². The third kappa shape index (κ3) is 3.12. The molecule has 0 aromatic heterocycles. The summed E-state index contributed by atoms with van der Waals surface area (Å²) >= 11 is 0. The van der Waals surface area contributed by atoms with Crippen molar-refractivity contribution in [2.45, 2.75) is 102 Å². The lowest BCUT2D eigenvalue weighted by Crippen LogP contribution is -2.65. The molecule has 186 valence electrons. The van der Waals surface area contributed by atoms with E-state index in [2.05, 4.69) is 19.9 Å². The number of aliphatic hydroxyl groups excluding tert-OH is 2. The topological polar surface area (TPSA) is 102 Å². The fourth-order valence-electron chi connectivity index (χ4n) is 7.43. The first-order valence-electron chi connectivity index (χ1n) is 12.3. The van der Waals surface area contributed by atoms with Crippen molar-refractivity contribution in [3.8, 4) is 0 Å². The van der Waals surface area contributed by atoms with E-state index in [-0.39, 0.29) is 36.3 Å². The van der Waals surface area contributed by atoms with Gasteiger partial charge in [-0.05, 0) is 39.3 Å². The predicted molar refractivity (Wildman–Crippen MR) is 116 cm³/mol. The van der Waals surface area contributed by atoms with E-state index in [4.69, 9.17) is 28.4 Å². The van der Waals surface area contributed by atoms with Crippen LogP contribution in [0.25, 0.3) is 0 Å². The molecule has 6 fully saturated rings. The van der Waals surface area contributed by atoms with Crippen LogP contribution in [0.2, 0.25) is 0 Å². The Morgan fingerprint density at radius 2 is 1.52 bits per heavy atom. The highest BCUT2D eigenvalue weighted by Gasteiger charge is 2.79. The maximum Gasteiger partial charge on any atom is 0.185 e. The largest absolute Gasteiger partial charge is 0.390 e. The molecule has 0 radical (unpaired) electrons. The van der Waals surface area contributed by atoms with Crippen LogP contribution in [0.3, 0.4) is 0 Å². The first-order valence-corrected chi connectivity index (χ1v) is 12.3. The number of epoxide rings is 2. The molecule has 8 heteroatoms. The number of fused-ring (bicyclic) bond motifs is 8. The summed E-state index contributed by atoms with van der Waals surface area (Å²) in [4.78, 5) is 0. The second-order valence-corrected chi connectivity index (χ2v) is 12.3. The number of hydrogen-bond acceptors (Lipinski definition) is 8. The molecule has 6 aliphatic rings. The molecular formula is C25H38O8. The van der Waals surface area contributed by atoms with Gasteiger partial charge in [-0.1, -0.05) is 20.8 Å². The zero-order chi connectivity index (χ0) is 23.6. The predicted octanol–water partition coefficient (Wildman–Crippen LogP) is 1.77. The molecule has 4 saturated heterocycles. The molecule has 0 bridgehead atoms. The molecule has 2 aliphatic carbocycles. The average molecular weight is 467 g/mol. The van der Waals surface area contributed by atoms with Crippen LogP contribution in [0.15, 0.2) is 12.2 Å². The highest BCUT2D eigenvalue weighted by Crippen LogP contribution is 2.69. The maximum absolute atomic E-state index is 11.5. The van der Waals surface area contributed by atoms with E-state index >= 15 is 0 Å². The third-order valence-corrected chi connectivity index (χ3v) is 9.39. The lowest BCUT2D eigenvalue weighted by Gasteiger charge is -2.55. The van der Waals surface area contributed by atoms with Gasteiger partial charge >= 0.3 is 0 Å². The lowest BCUT2D eigenvalue weighted by atomic mass is 9.52. The van der Waals surface area contributed by atoms with Crippen LogP contribution in [0, 0.1) is 22.7 Å². The Hall–Kier alpha value is -0.580. The summed E-state index contributed by atoms with van der Waals surface area (Å²) in [6.45, 7) is 13.6. The summed E-state index contributed by atoms with van der Waals surface area (Å²) < 4.78 is 36.9. The third-order valence-electron chi connectivity index (χ3n) is 9.39. The SMILES string of the molecule is CC1(C)OC[C@@H]2[C@@H](O1)[C@H]1O[C@H]1[C@]1(C)[C@H]2[C@H]2O[C@@]2(/C=C/C2(C)OCCO2)C(C)(C)C[C@H](O)[C@H]1O. The van der Waals surface area contributed by atoms with Crippen LogP contribution >= 0.6 is 0 Å². The molecule has 0 unspecified atom stereocenters. The molecule has 0 amide bonds. The van der Waals surface area contributed by atoms with Crippen molar-refractivity contribution < 1.29 is 38.6 Å². The number of aliphatic hydroxyl groups is 2. The summed E-state index contributed by atoms with van der Waals surface area (Å²) in [5.41, 5.74) is -1.74. The van der Waals surface area contributed by atoms with Crippen LogP contribution in [0.5, 0.6) is 0 Å². The van der Waals surface area contributed by atoms with Gasteiger partial charge in [0.15, 0.2) is 11.6 Å². The van der Waals surface area contributed by atoms with Crippen LogP contribution in [0.1, 0.15) is 48.0 Å². The van der Waals surface area contributed by atoms with Gasteiger partial charge in [-0.25, -0.2) is 0 Å². The Bertz CT molecular complexity index is 849. The molecule has 33 heavy (non-hydrogen) atoms. The summed E-state index contributed by atoms with van der Waals surface area (Å²) in [7, 11) is 0. The van der Waals surface area contributed by atoms with E-state index < -0.39 is 40.2 Å². The first kappa shape index (κ1) is 22.9. The Kier molecular flexibility index (Phi) is 4.71. The molecule has 2 N–H and O–H groups in total. The Balaban J connectivity index is 1.42. The van der Waals surface area contributed by atoms with E-state index in [1.807, 2.05) is 33.8 Å². The van der Waals surface area contributed by atoms with Crippen molar-refractivity contribution in [3.63, 3.8) is 0 Å². The molecule has 2 saturated carbocycles. The summed E-state index contributed by atoms with van der Waals surface area (Å²) in [6.07, 6.45) is 2.01. The molecule has 4 aliphatic heterocycles. The fourth-order valence-corrected chi connectivity index (χ4v) is 7.43. The normalized spacial score (nSPS) is 55.5. The highest BCUT2D eigenvalue weighted by atomic mass is 16.7. The minimum absolute atomic E-state index is 0.0163. The lowest BCUT2D eigenvalue weighted by molar-refractivity contribution is -0.314. The van der Waals surface area contributed by atoms with Crippen LogP contribution < -0.4 is 0 Å². The minimum Gasteiger partial charge on any atom is -0.390 e. The van der Waals surface area contributed by atoms with Gasteiger partial charge in [-0.2, -0.15) is 0 Å². The Morgan fingerprint density at radius 3 is 2.21 bits per heavy atom. The van der Waals surface area contributed by atoms with Crippen molar-refractivity contribution in [3.05, 3.63) is 12.2 Å². The summed E-state index contributed by atoms with van der Waals surface area (Å²) in [5.74, 6) is -1.60. The Morgan fingerprint density at radius 1 is 0.818 bits per heavy atom. The van der Waals surface area contributed by atoms with E-state index in [1.165, 1.54) is 0 Å². The standard InChI is InChI=1S/C25H38O8/c1-21(2)11-14(26)18(27)24(6)15(13-12-30-22(3,4)32-16(13)17-20(24)31-17)19-25(21,33-19)8-7-23(5)28-9-10-29-23/h7-8,13-20,26-27H,9-12H2,1-6H3/b8-7+/t13-,14-,15+,16+,17+,18+,19+,20+,24+,25+/m0/s1. The smallest absolute Gasteiger partial charge is 0.185 e. The molecule has 0 spiro atoms. The van der Waals surface area contributed by atoms with Crippen LogP contribution in [-0.4, -0.2) is 83.8 Å². The van der Waals surface area contributed by atoms with Crippen molar-refractivity contribution >= 4 is 0 Å². The van der Waals surface area contributed by atoms with Crippen molar-refractivity contribution in [1.29, 1.82) is 0 Å². The second kappa shape index (κ2) is 6.79. The molecular weight excluding hydrogens is 428 g/mol. The van der Waals surface area contributed by atoms with Gasteiger partial charge in [0.2, 0.25) is 0 Å². The quantitative estimate of drug-likeness (QED) is 0.469. The van der Waals surface area contributed by atoms with Gasteiger partial charge in [0.05, 0.1) is 50.3 Å². The van der Waals surface area contributed by atoms with Gasteiger partial charge in [0.25, 0.3) is 0 Å². The van der Waals surface area contributed by atoms with Gasteiger partial charge < -0.3 is 38.6 Å². The highest BCUT2D eigenvalue weighted by molar-refractivity contribution is 5.32. The second-order valence-electron chi connectivity index (χ2n) is 12.3. The summed E-state index contributed by atoms with van der Waals surface area (Å²) in [6, 6.07) is 0. The zero-order valence-corrected chi connectivity index (χ0v) is 20.4. The van der Waals surface area contributed by atoms with E-state index in [9.17, 15) is 10.2 Å². The van der Waals surface area contributed by atoms with Crippen molar-refractivity contribution in [2.75, 3.05) is 19.8 Å². The molecule has 6 rings (SSSR count). The van der Waals surface area contributed by atoms with Gasteiger partial charge in [-0.15, -0.1) is 0 Å². The number of rotatable bonds is 2. The molecule has 0 aromatic rings. The number of ether oxygens (including phenoxy) is 6. The minimum atomic E-state index is -0.933. The molecule has 8 nitrogen and oxygen atoms in total. The van der Waals surface area contributed by atoms with Crippen molar-refractivity contribution in [2.24, 2.45) is 22.7 Å². The zero-order valence-electron chi connectivity index (χ0n) is 20.4. The molecule has 10 atom stereocenters. The average Bonchev–Trinajstić information content (AvgIpc) is 3.63. The van der Waals surface area contributed by atoms with Crippen LogP contribution in [0.4, 0.5) is 0 Å². The fraction of sp³-hybridized carbons (Fsp3) is 0.920. The monoisotopic (exact) mass is 466 g/mol. The maximum atomic E-state index is 11.5. The number of hydrogen-bond donors (Lipinski definition) is 2. The van der Waals surface area contributed by atoms with E-state index in [0.717, 1.165) is 0 Å². The van der Waals surface area contributed by atoms with Gasteiger partial charge in [-0.3, -0.25) is 0 Å². The first-order chi connectivity index (χ1) is 15.3. The van der Waals surface area contributed by atoms with E-state index in [1.54, 1.807) is 0 Å². The van der Waals surface area contributed by atoms with Gasteiger partial charge in [0, 0.05) is 22.7 Å². The Labute approximate surface area is 195 Å². The van der Waals surface area contributed by atoms with E-state index in [0.29, 0.717) is 26.2 Å². The van der Waals surface area contributed by atoms with Crippen LogP contribution in [-0.2, 0) is 28.4 Å². The molecule has 4 heterocycles.